The highest BCUT2D eigenvalue weighted by Crippen LogP contribution is 2.38. The van der Waals surface area contributed by atoms with E-state index < -0.39 is 23.5 Å². The average Bonchev–Trinajstić information content (AvgIpc) is 3.51. The van der Waals surface area contributed by atoms with Crippen LogP contribution in [-0.2, 0) is 35.3 Å². The molecule has 0 saturated carbocycles. The van der Waals surface area contributed by atoms with Gasteiger partial charge in [0.1, 0.15) is 16.9 Å². The number of carbonyl (C=O) groups excluding carboxylic acids is 2. The lowest BCUT2D eigenvalue weighted by Crippen LogP contribution is -2.49. The third-order valence-corrected chi connectivity index (χ3v) is 8.05. The summed E-state index contributed by atoms with van der Waals surface area (Å²) in [7, 11) is 0. The second kappa shape index (κ2) is 9.76. The minimum atomic E-state index is -1.36. The molecule has 2 N–H and O–H groups in total. The van der Waals surface area contributed by atoms with Gasteiger partial charge in [0, 0.05) is 63.8 Å². The lowest BCUT2D eigenvalue weighted by atomic mass is 9.93. The van der Waals surface area contributed by atoms with Gasteiger partial charge in [-0.1, -0.05) is 18.2 Å². The van der Waals surface area contributed by atoms with Crippen LogP contribution in [0, 0.1) is 13.8 Å². The number of aryl methyl sites for hydroxylation is 4. The van der Waals surface area contributed by atoms with Gasteiger partial charge in [-0.3, -0.25) is 4.79 Å². The molecule has 0 unspecified atom stereocenters. The molecule has 8 nitrogen and oxygen atoms in total. The molecule has 5 aromatic rings. The van der Waals surface area contributed by atoms with Crippen LogP contribution < -0.4 is 16.0 Å². The molecule has 1 aliphatic carbocycles. The molecule has 200 valence electrons. The fourth-order valence-corrected chi connectivity index (χ4v) is 5.92. The van der Waals surface area contributed by atoms with Crippen molar-refractivity contribution in [3.8, 4) is 0 Å². The Bertz CT molecular complexity index is 1820. The van der Waals surface area contributed by atoms with E-state index in [4.69, 9.17) is 8.83 Å². The van der Waals surface area contributed by atoms with Crippen molar-refractivity contribution in [1.29, 1.82) is 0 Å². The van der Waals surface area contributed by atoms with Crippen LogP contribution in [-0.4, -0.2) is 22.9 Å². The van der Waals surface area contributed by atoms with Gasteiger partial charge in [0.15, 0.2) is 0 Å². The topological polar surface area (TPSA) is 128 Å². The predicted octanol–water partition coefficient (Wildman–Crippen LogP) is 3.93. The summed E-state index contributed by atoms with van der Waals surface area (Å²) in [4.78, 5) is 40.7. The highest BCUT2D eigenvalue weighted by molar-refractivity contribution is 6.00. The molecular formula is C31H29N2O6-. The number of benzene rings is 2. The number of nitrogens with one attached hydrogen (secondary N) is 2. The standard InChI is InChI=1S/C31H30N2O6/c1-16-19(11-12-27(34)33-25(30(35)36)13-18-15-32-24-9-5-3-7-20(18)24)31(37)39-28-17(2)29-23(14-22(16)28)21-8-4-6-10-26(21)38-29/h3,5,7,9,14-15,25,32H,4,6,8,10-13H2,1-2H3,(H,33,34)(H,35,36)/p-1/t25-/m0/s1. The molecule has 0 bridgehead atoms. The van der Waals surface area contributed by atoms with E-state index >= 15 is 0 Å². The maximum atomic E-state index is 13.0. The molecule has 0 fully saturated rings. The van der Waals surface area contributed by atoms with E-state index in [0.29, 0.717) is 11.1 Å². The van der Waals surface area contributed by atoms with Gasteiger partial charge in [-0.2, -0.15) is 0 Å². The number of fused-ring (bicyclic) bond motifs is 5. The first-order valence-electron chi connectivity index (χ1n) is 13.4. The summed E-state index contributed by atoms with van der Waals surface area (Å²) in [6.45, 7) is 3.77. The Labute approximate surface area is 224 Å². The molecule has 2 aromatic carbocycles. The van der Waals surface area contributed by atoms with Crippen LogP contribution in [0.4, 0.5) is 0 Å². The van der Waals surface area contributed by atoms with Crippen LogP contribution >= 0.6 is 0 Å². The first-order chi connectivity index (χ1) is 18.8. The Morgan fingerprint density at radius 2 is 1.79 bits per heavy atom. The number of carbonyl (C=O) groups is 2. The van der Waals surface area contributed by atoms with Gasteiger partial charge in [-0.05, 0) is 62.8 Å². The van der Waals surface area contributed by atoms with Crippen LogP contribution in [0.25, 0.3) is 32.8 Å². The lowest BCUT2D eigenvalue weighted by molar-refractivity contribution is -0.308. The first kappa shape index (κ1) is 25.0. The van der Waals surface area contributed by atoms with Crippen molar-refractivity contribution in [3.05, 3.63) is 80.5 Å². The summed E-state index contributed by atoms with van der Waals surface area (Å²) in [6.07, 6.45) is 6.00. The van der Waals surface area contributed by atoms with Crippen LogP contribution in [0.5, 0.6) is 0 Å². The number of rotatable bonds is 7. The fraction of sp³-hybridized carbons (Fsp3) is 0.323. The normalized spacial score (nSPS) is 14.1. The number of aliphatic carboxylic acids is 1. The van der Waals surface area contributed by atoms with Gasteiger partial charge in [-0.25, -0.2) is 4.79 Å². The van der Waals surface area contributed by atoms with Crippen molar-refractivity contribution in [3.63, 3.8) is 0 Å². The fourth-order valence-electron chi connectivity index (χ4n) is 5.92. The first-order valence-corrected chi connectivity index (χ1v) is 13.4. The van der Waals surface area contributed by atoms with E-state index in [9.17, 15) is 19.5 Å². The molecule has 1 atom stereocenters. The van der Waals surface area contributed by atoms with E-state index in [1.165, 1.54) is 5.56 Å². The van der Waals surface area contributed by atoms with Gasteiger partial charge in [0.25, 0.3) is 0 Å². The van der Waals surface area contributed by atoms with Crippen molar-refractivity contribution in [2.75, 3.05) is 0 Å². The van der Waals surface area contributed by atoms with E-state index in [-0.39, 0.29) is 19.3 Å². The van der Waals surface area contributed by atoms with Crippen LogP contribution in [0.3, 0.4) is 0 Å². The van der Waals surface area contributed by atoms with Crippen LogP contribution in [0.2, 0.25) is 0 Å². The summed E-state index contributed by atoms with van der Waals surface area (Å²) in [5, 5.41) is 17.2. The summed E-state index contributed by atoms with van der Waals surface area (Å²) >= 11 is 0. The maximum Gasteiger partial charge on any atom is 0.339 e. The molecule has 39 heavy (non-hydrogen) atoms. The van der Waals surface area contributed by atoms with Gasteiger partial charge in [0.05, 0.1) is 12.0 Å². The second-order valence-corrected chi connectivity index (χ2v) is 10.5. The molecular weight excluding hydrogens is 496 g/mol. The molecule has 3 aromatic heterocycles. The molecule has 0 aliphatic heterocycles. The Morgan fingerprint density at radius 1 is 1.03 bits per heavy atom. The third-order valence-electron chi connectivity index (χ3n) is 8.05. The molecule has 1 aliphatic rings. The van der Waals surface area contributed by atoms with Crippen molar-refractivity contribution < 1.29 is 23.5 Å². The Kier molecular flexibility index (Phi) is 6.25. The lowest BCUT2D eigenvalue weighted by Gasteiger charge is -2.19. The minimum absolute atomic E-state index is 0.0584. The zero-order valence-electron chi connectivity index (χ0n) is 21.9. The summed E-state index contributed by atoms with van der Waals surface area (Å²) in [5.74, 6) is -0.821. The highest BCUT2D eigenvalue weighted by Gasteiger charge is 2.23. The number of H-pyrrole nitrogens is 1. The number of furan rings is 1. The van der Waals surface area contributed by atoms with Crippen LogP contribution in [0.1, 0.15) is 52.8 Å². The highest BCUT2D eigenvalue weighted by atomic mass is 16.4. The SMILES string of the molecule is Cc1c(CCC(=O)N[C@@H](Cc2c[nH]c3ccccc23)C(=O)[O-])c(=O)oc2c(C)c3oc4c(c3cc12)CCCC4. The zero-order chi connectivity index (χ0) is 27.3. The smallest absolute Gasteiger partial charge is 0.339 e. The predicted molar refractivity (Wildman–Crippen MR) is 146 cm³/mol. The molecule has 1 amide bonds. The Morgan fingerprint density at radius 3 is 2.62 bits per heavy atom. The molecule has 6 rings (SSSR count). The molecule has 3 heterocycles. The molecule has 0 saturated heterocycles. The van der Waals surface area contributed by atoms with Gasteiger partial charge < -0.3 is 29.0 Å². The molecule has 0 radical (unpaired) electrons. The number of aromatic nitrogens is 1. The summed E-state index contributed by atoms with van der Waals surface area (Å²) < 4.78 is 11.9. The average molecular weight is 526 g/mol. The van der Waals surface area contributed by atoms with Crippen molar-refractivity contribution in [2.24, 2.45) is 0 Å². The van der Waals surface area contributed by atoms with Crippen molar-refractivity contribution in [1.82, 2.24) is 10.3 Å². The van der Waals surface area contributed by atoms with E-state index in [1.54, 1.807) is 6.20 Å². The van der Waals surface area contributed by atoms with Crippen molar-refractivity contribution >= 4 is 44.7 Å². The number of amides is 1. The number of carboxylic acid groups (broad SMARTS) is 1. The monoisotopic (exact) mass is 525 g/mol. The number of carboxylic acids is 1. The second-order valence-electron chi connectivity index (χ2n) is 10.5. The maximum absolute atomic E-state index is 13.0. The number of hydrogen-bond donors (Lipinski definition) is 2. The number of hydrogen-bond acceptors (Lipinski definition) is 6. The van der Waals surface area contributed by atoms with Gasteiger partial charge >= 0.3 is 5.63 Å². The van der Waals surface area contributed by atoms with Gasteiger partial charge in [-0.15, -0.1) is 0 Å². The van der Waals surface area contributed by atoms with E-state index in [1.807, 2.05) is 44.2 Å². The van der Waals surface area contributed by atoms with E-state index in [2.05, 4.69) is 10.3 Å². The Hall–Kier alpha value is -4.33. The quantitative estimate of drug-likeness (QED) is 0.310. The largest absolute Gasteiger partial charge is 0.548 e. The third kappa shape index (κ3) is 4.39. The zero-order valence-corrected chi connectivity index (χ0v) is 21.9. The van der Waals surface area contributed by atoms with Crippen LogP contribution in [0.15, 0.2) is 50.2 Å². The summed E-state index contributed by atoms with van der Waals surface area (Å²) in [5.41, 5.74) is 5.64. The minimum Gasteiger partial charge on any atom is -0.548 e. The summed E-state index contributed by atoms with van der Waals surface area (Å²) in [6, 6.07) is 8.40. The Balaban J connectivity index is 1.24. The van der Waals surface area contributed by atoms with Gasteiger partial charge in [0.2, 0.25) is 5.91 Å². The van der Waals surface area contributed by atoms with Crippen molar-refractivity contribution in [2.45, 2.75) is 64.8 Å². The molecule has 0 spiro atoms. The molecule has 8 heteroatoms. The number of aromatic amines is 1. The van der Waals surface area contributed by atoms with E-state index in [0.717, 1.165) is 75.4 Å². The number of para-hydroxylation sites is 1.